The molecule has 2 aromatic carbocycles. The smallest absolute Gasteiger partial charge is 0.319 e. The number of carbonyl (C=O) groups excluding carboxylic acids is 1. The number of halogens is 2. The zero-order chi connectivity index (χ0) is 15.4. The molecule has 110 valence electrons. The molecule has 0 saturated carbocycles. The predicted molar refractivity (Wildman–Crippen MR) is 77.8 cm³/mol. The average molecular weight is 291 g/mol. The Morgan fingerprint density at radius 2 is 1.95 bits per heavy atom. The summed E-state index contributed by atoms with van der Waals surface area (Å²) in [5, 5.41) is 4.98. The van der Waals surface area contributed by atoms with Crippen molar-refractivity contribution in [1.29, 1.82) is 0 Å². The third kappa shape index (κ3) is 3.92. The van der Waals surface area contributed by atoms with Crippen molar-refractivity contribution in [3.8, 4) is 0 Å². The van der Waals surface area contributed by atoms with Gasteiger partial charge in [-0.15, -0.1) is 0 Å². The van der Waals surface area contributed by atoms with E-state index in [0.717, 1.165) is 17.7 Å². The van der Waals surface area contributed by atoms with Gasteiger partial charge in [0.25, 0.3) is 0 Å². The van der Waals surface area contributed by atoms with E-state index in [1.54, 1.807) is 25.1 Å². The van der Waals surface area contributed by atoms with E-state index in [1.165, 1.54) is 0 Å². The summed E-state index contributed by atoms with van der Waals surface area (Å²) in [6.07, 6.45) is 0. The zero-order valence-electron chi connectivity index (χ0n) is 11.4. The number of rotatable bonds is 3. The molecule has 0 aliphatic carbocycles. The van der Waals surface area contributed by atoms with Crippen LogP contribution in [0, 0.1) is 11.6 Å². The largest absolute Gasteiger partial charge is 0.399 e. The van der Waals surface area contributed by atoms with Crippen molar-refractivity contribution in [3.05, 3.63) is 59.7 Å². The molecule has 0 heterocycles. The summed E-state index contributed by atoms with van der Waals surface area (Å²) in [6, 6.07) is 9.12. The molecule has 2 rings (SSSR count). The standard InChI is InChI=1S/C15H15F2N3O/c1-9(10-3-2-4-12(18)7-10)19-15(21)20-14-6-5-11(16)8-13(14)17/h2-9H,18H2,1H3,(H2,19,20,21). The molecule has 0 aliphatic heterocycles. The van der Waals surface area contributed by atoms with Crippen molar-refractivity contribution in [2.45, 2.75) is 13.0 Å². The van der Waals surface area contributed by atoms with Crippen molar-refractivity contribution in [1.82, 2.24) is 5.32 Å². The molecule has 2 amide bonds. The highest BCUT2D eigenvalue weighted by Crippen LogP contribution is 2.17. The molecular formula is C15H15F2N3O. The molecule has 0 spiro atoms. The van der Waals surface area contributed by atoms with Crippen molar-refractivity contribution >= 4 is 17.4 Å². The number of nitrogens with one attached hydrogen (secondary N) is 2. The second-order valence-electron chi connectivity index (χ2n) is 4.61. The predicted octanol–water partition coefficient (Wildman–Crippen LogP) is 3.43. The van der Waals surface area contributed by atoms with Gasteiger partial charge in [-0.25, -0.2) is 13.6 Å². The Morgan fingerprint density at radius 3 is 2.62 bits per heavy atom. The molecule has 0 aromatic heterocycles. The van der Waals surface area contributed by atoms with Gasteiger partial charge in [0.2, 0.25) is 0 Å². The molecule has 21 heavy (non-hydrogen) atoms. The normalized spacial score (nSPS) is 11.8. The van der Waals surface area contributed by atoms with Gasteiger partial charge in [-0.05, 0) is 36.8 Å². The van der Waals surface area contributed by atoms with Gasteiger partial charge in [0.1, 0.15) is 11.6 Å². The van der Waals surface area contributed by atoms with Crippen LogP contribution in [0.1, 0.15) is 18.5 Å². The molecule has 2 aromatic rings. The minimum atomic E-state index is -0.832. The Bertz CT molecular complexity index is 661. The molecular weight excluding hydrogens is 276 g/mol. The maximum atomic E-state index is 13.4. The summed E-state index contributed by atoms with van der Waals surface area (Å²) in [5.41, 5.74) is 7.00. The molecule has 1 unspecified atom stereocenters. The van der Waals surface area contributed by atoms with Gasteiger partial charge in [0.15, 0.2) is 0 Å². The number of hydrogen-bond donors (Lipinski definition) is 3. The first-order valence-corrected chi connectivity index (χ1v) is 6.33. The molecule has 4 nitrogen and oxygen atoms in total. The third-order valence-corrected chi connectivity index (χ3v) is 2.94. The minimum absolute atomic E-state index is 0.0892. The highest BCUT2D eigenvalue weighted by Gasteiger charge is 2.12. The van der Waals surface area contributed by atoms with E-state index in [4.69, 9.17) is 5.73 Å². The number of benzene rings is 2. The van der Waals surface area contributed by atoms with Crippen LogP contribution < -0.4 is 16.4 Å². The second-order valence-corrected chi connectivity index (χ2v) is 4.61. The Morgan fingerprint density at radius 1 is 1.19 bits per heavy atom. The van der Waals surface area contributed by atoms with Crippen LogP contribution in [0.5, 0.6) is 0 Å². The average Bonchev–Trinajstić information content (AvgIpc) is 2.42. The van der Waals surface area contributed by atoms with Gasteiger partial charge < -0.3 is 16.4 Å². The number of nitrogens with two attached hydrogens (primary N) is 1. The van der Waals surface area contributed by atoms with E-state index in [2.05, 4.69) is 10.6 Å². The summed E-state index contributed by atoms with van der Waals surface area (Å²) < 4.78 is 26.2. The van der Waals surface area contributed by atoms with Crippen LogP contribution in [-0.4, -0.2) is 6.03 Å². The van der Waals surface area contributed by atoms with E-state index in [9.17, 15) is 13.6 Å². The van der Waals surface area contributed by atoms with Crippen molar-refractivity contribution < 1.29 is 13.6 Å². The summed E-state index contributed by atoms with van der Waals surface area (Å²) in [6.45, 7) is 1.77. The maximum absolute atomic E-state index is 13.4. The highest BCUT2D eigenvalue weighted by atomic mass is 19.1. The van der Waals surface area contributed by atoms with Gasteiger partial charge in [-0.1, -0.05) is 12.1 Å². The number of nitrogen functional groups attached to an aromatic ring is 1. The van der Waals surface area contributed by atoms with Gasteiger partial charge in [0.05, 0.1) is 11.7 Å². The van der Waals surface area contributed by atoms with E-state index in [-0.39, 0.29) is 11.7 Å². The lowest BCUT2D eigenvalue weighted by Crippen LogP contribution is -2.31. The fourth-order valence-electron chi connectivity index (χ4n) is 1.86. The highest BCUT2D eigenvalue weighted by molar-refractivity contribution is 5.89. The number of hydrogen-bond acceptors (Lipinski definition) is 2. The molecule has 0 radical (unpaired) electrons. The van der Waals surface area contributed by atoms with Gasteiger partial charge in [-0.2, -0.15) is 0 Å². The SMILES string of the molecule is CC(NC(=O)Nc1ccc(F)cc1F)c1cccc(N)c1. The lowest BCUT2D eigenvalue weighted by Gasteiger charge is -2.15. The Hall–Kier alpha value is -2.63. The van der Waals surface area contributed by atoms with Gasteiger partial charge >= 0.3 is 6.03 Å². The zero-order valence-corrected chi connectivity index (χ0v) is 11.4. The van der Waals surface area contributed by atoms with E-state index in [0.29, 0.717) is 11.8 Å². The van der Waals surface area contributed by atoms with Crippen LogP contribution in [0.3, 0.4) is 0 Å². The van der Waals surface area contributed by atoms with Crippen LogP contribution in [0.25, 0.3) is 0 Å². The van der Waals surface area contributed by atoms with Crippen LogP contribution in [0.15, 0.2) is 42.5 Å². The van der Waals surface area contributed by atoms with Crippen molar-refractivity contribution in [3.63, 3.8) is 0 Å². The third-order valence-electron chi connectivity index (χ3n) is 2.94. The maximum Gasteiger partial charge on any atom is 0.319 e. The summed E-state index contributed by atoms with van der Waals surface area (Å²) in [4.78, 5) is 11.8. The van der Waals surface area contributed by atoms with Crippen LogP contribution >= 0.6 is 0 Å². The van der Waals surface area contributed by atoms with Gasteiger partial charge in [-0.3, -0.25) is 0 Å². The van der Waals surface area contributed by atoms with Crippen LogP contribution in [-0.2, 0) is 0 Å². The number of urea groups is 1. The van der Waals surface area contributed by atoms with Crippen molar-refractivity contribution in [2.24, 2.45) is 0 Å². The topological polar surface area (TPSA) is 67.2 Å². The molecule has 0 saturated heterocycles. The molecule has 6 heteroatoms. The number of carbonyl (C=O) groups is 1. The summed E-state index contributed by atoms with van der Waals surface area (Å²) in [5.74, 6) is -1.53. The molecule has 0 aliphatic rings. The lowest BCUT2D eigenvalue weighted by molar-refractivity contribution is 0.249. The number of anilines is 2. The van der Waals surface area contributed by atoms with E-state index >= 15 is 0 Å². The fourth-order valence-corrected chi connectivity index (χ4v) is 1.86. The van der Waals surface area contributed by atoms with Gasteiger partial charge in [0, 0.05) is 11.8 Å². The van der Waals surface area contributed by atoms with E-state index in [1.807, 2.05) is 6.07 Å². The second kappa shape index (κ2) is 6.21. The molecule has 4 N–H and O–H groups in total. The molecule has 0 bridgehead atoms. The molecule has 1 atom stereocenters. The first-order valence-electron chi connectivity index (χ1n) is 6.33. The monoisotopic (exact) mass is 291 g/mol. The Labute approximate surface area is 121 Å². The summed E-state index contributed by atoms with van der Waals surface area (Å²) >= 11 is 0. The number of amides is 2. The minimum Gasteiger partial charge on any atom is -0.399 e. The van der Waals surface area contributed by atoms with Crippen molar-refractivity contribution in [2.75, 3.05) is 11.1 Å². The first kappa shape index (κ1) is 14.8. The van der Waals surface area contributed by atoms with Crippen LogP contribution in [0.2, 0.25) is 0 Å². The Balaban J connectivity index is 2.01. The fraction of sp³-hybridized carbons (Fsp3) is 0.133. The van der Waals surface area contributed by atoms with E-state index < -0.39 is 17.7 Å². The Kier molecular flexibility index (Phi) is 4.37. The first-order chi connectivity index (χ1) is 9.95. The lowest BCUT2D eigenvalue weighted by atomic mass is 10.1. The van der Waals surface area contributed by atoms with Crippen LogP contribution in [0.4, 0.5) is 25.0 Å². The molecule has 0 fully saturated rings. The quantitative estimate of drug-likeness (QED) is 0.758. The summed E-state index contributed by atoms with van der Waals surface area (Å²) in [7, 11) is 0.